The zero-order valence-electron chi connectivity index (χ0n) is 14.0. The minimum atomic E-state index is -3.48. The molecule has 1 unspecified atom stereocenters. The van der Waals surface area contributed by atoms with Crippen molar-refractivity contribution in [3.05, 3.63) is 48.4 Å². The Labute approximate surface area is 143 Å². The van der Waals surface area contributed by atoms with Crippen LogP contribution in [0.2, 0.25) is 0 Å². The molecular formula is C17H22N4O2S. The number of hydrogen-bond acceptors (Lipinski definition) is 5. The van der Waals surface area contributed by atoms with E-state index >= 15 is 0 Å². The molecule has 128 valence electrons. The predicted molar refractivity (Wildman–Crippen MR) is 93.5 cm³/mol. The molecule has 0 radical (unpaired) electrons. The van der Waals surface area contributed by atoms with Crippen LogP contribution in [0.25, 0.3) is 0 Å². The van der Waals surface area contributed by atoms with Gasteiger partial charge < -0.3 is 4.90 Å². The monoisotopic (exact) mass is 346 g/mol. The van der Waals surface area contributed by atoms with Crippen LogP contribution < -0.4 is 4.90 Å². The first-order valence-electron chi connectivity index (χ1n) is 8.02. The van der Waals surface area contributed by atoms with E-state index in [1.165, 1.54) is 6.20 Å². The van der Waals surface area contributed by atoms with Crippen LogP contribution in [0.4, 0.5) is 5.82 Å². The van der Waals surface area contributed by atoms with Gasteiger partial charge >= 0.3 is 0 Å². The van der Waals surface area contributed by atoms with Gasteiger partial charge in [0.25, 0.3) is 0 Å². The molecule has 2 aromatic heterocycles. The maximum absolute atomic E-state index is 12.8. The minimum absolute atomic E-state index is 0.187. The van der Waals surface area contributed by atoms with Gasteiger partial charge in [0, 0.05) is 45.8 Å². The second-order valence-corrected chi connectivity index (χ2v) is 8.17. The zero-order valence-corrected chi connectivity index (χ0v) is 14.8. The van der Waals surface area contributed by atoms with E-state index in [1.807, 2.05) is 31.1 Å². The summed E-state index contributed by atoms with van der Waals surface area (Å²) in [7, 11) is 0.416. The number of hydrogen-bond donors (Lipinski definition) is 0. The minimum Gasteiger partial charge on any atom is -0.363 e. The van der Waals surface area contributed by atoms with Crippen molar-refractivity contribution in [2.24, 2.45) is 0 Å². The summed E-state index contributed by atoms with van der Waals surface area (Å²) in [5.74, 6) is 1.08. The zero-order chi connectivity index (χ0) is 17.2. The van der Waals surface area contributed by atoms with Gasteiger partial charge in [0.1, 0.15) is 10.7 Å². The van der Waals surface area contributed by atoms with Crippen LogP contribution in [0.3, 0.4) is 0 Å². The molecule has 1 aliphatic rings. The summed E-state index contributed by atoms with van der Waals surface area (Å²) < 4.78 is 27.2. The summed E-state index contributed by atoms with van der Waals surface area (Å²) in [5, 5.41) is 0. The molecule has 2 aromatic rings. The summed E-state index contributed by atoms with van der Waals surface area (Å²) >= 11 is 0. The average Bonchev–Trinajstić information content (AvgIpc) is 2.62. The van der Waals surface area contributed by atoms with Gasteiger partial charge in [-0.15, -0.1) is 0 Å². The van der Waals surface area contributed by atoms with Gasteiger partial charge in [-0.2, -0.15) is 4.31 Å². The fourth-order valence-electron chi connectivity index (χ4n) is 3.01. The number of aromatic nitrogens is 2. The van der Waals surface area contributed by atoms with Crippen LogP contribution in [0, 0.1) is 0 Å². The first kappa shape index (κ1) is 16.9. The third kappa shape index (κ3) is 3.42. The molecule has 3 rings (SSSR count). The first-order valence-corrected chi connectivity index (χ1v) is 9.46. The molecular weight excluding hydrogens is 324 g/mol. The highest BCUT2D eigenvalue weighted by molar-refractivity contribution is 7.89. The molecule has 0 bridgehead atoms. The van der Waals surface area contributed by atoms with Crippen molar-refractivity contribution in [2.75, 3.05) is 32.1 Å². The Hall–Kier alpha value is -1.99. The topological polar surface area (TPSA) is 66.4 Å². The standard InChI is InChI=1S/C17H22N4O2S/c1-20(2)17-11-14(7-9-19-17)15-5-4-10-21(13-15)24(22,23)16-6-3-8-18-12-16/h3,6-9,11-12,15H,4-5,10,13H2,1-2H3. The largest absolute Gasteiger partial charge is 0.363 e. The van der Waals surface area contributed by atoms with E-state index in [-0.39, 0.29) is 10.8 Å². The predicted octanol–water partition coefficient (Wildman–Crippen LogP) is 2.11. The first-order chi connectivity index (χ1) is 11.5. The van der Waals surface area contributed by atoms with Gasteiger partial charge in [-0.05, 0) is 48.6 Å². The number of nitrogens with zero attached hydrogens (tertiary/aromatic N) is 4. The lowest BCUT2D eigenvalue weighted by Gasteiger charge is -2.32. The highest BCUT2D eigenvalue weighted by atomic mass is 32.2. The molecule has 1 aliphatic heterocycles. The Morgan fingerprint density at radius 3 is 2.79 bits per heavy atom. The molecule has 0 saturated carbocycles. The quantitative estimate of drug-likeness (QED) is 0.848. The maximum Gasteiger partial charge on any atom is 0.244 e. The van der Waals surface area contributed by atoms with Crippen LogP contribution in [0.1, 0.15) is 24.3 Å². The average molecular weight is 346 g/mol. The number of sulfonamides is 1. The van der Waals surface area contributed by atoms with Gasteiger partial charge in [0.15, 0.2) is 0 Å². The van der Waals surface area contributed by atoms with Crippen molar-refractivity contribution < 1.29 is 8.42 Å². The summed E-state index contributed by atoms with van der Waals surface area (Å²) in [4.78, 5) is 10.5. The number of pyridine rings is 2. The van der Waals surface area contributed by atoms with Crippen LogP contribution in [0.15, 0.2) is 47.8 Å². The van der Waals surface area contributed by atoms with Gasteiger partial charge in [-0.25, -0.2) is 13.4 Å². The Kier molecular flexibility index (Phi) is 4.82. The van der Waals surface area contributed by atoms with Gasteiger partial charge in [0.05, 0.1) is 0 Å². The van der Waals surface area contributed by atoms with E-state index in [0.717, 1.165) is 24.2 Å². The van der Waals surface area contributed by atoms with Gasteiger partial charge in [-0.3, -0.25) is 4.98 Å². The van der Waals surface area contributed by atoms with Crippen LogP contribution in [-0.2, 0) is 10.0 Å². The summed E-state index contributed by atoms with van der Waals surface area (Å²) in [5.41, 5.74) is 1.14. The Morgan fingerprint density at radius 2 is 2.08 bits per heavy atom. The van der Waals surface area contributed by atoms with Crippen LogP contribution in [0.5, 0.6) is 0 Å². The van der Waals surface area contributed by atoms with Crippen molar-refractivity contribution in [1.82, 2.24) is 14.3 Å². The molecule has 0 N–H and O–H groups in total. The van der Waals surface area contributed by atoms with Gasteiger partial charge in [0.2, 0.25) is 10.0 Å². The molecule has 0 spiro atoms. The van der Waals surface area contributed by atoms with E-state index in [2.05, 4.69) is 9.97 Å². The van der Waals surface area contributed by atoms with E-state index in [4.69, 9.17) is 0 Å². The van der Waals surface area contributed by atoms with E-state index in [1.54, 1.807) is 28.8 Å². The van der Waals surface area contributed by atoms with Crippen molar-refractivity contribution in [1.29, 1.82) is 0 Å². The van der Waals surface area contributed by atoms with Crippen molar-refractivity contribution in [2.45, 2.75) is 23.7 Å². The highest BCUT2D eigenvalue weighted by Gasteiger charge is 2.31. The Bertz CT molecular complexity index is 793. The van der Waals surface area contributed by atoms with Crippen LogP contribution >= 0.6 is 0 Å². The lowest BCUT2D eigenvalue weighted by atomic mass is 9.92. The third-order valence-electron chi connectivity index (χ3n) is 4.36. The van der Waals surface area contributed by atoms with Crippen molar-refractivity contribution >= 4 is 15.8 Å². The van der Waals surface area contributed by atoms with E-state index < -0.39 is 10.0 Å². The summed E-state index contributed by atoms with van der Waals surface area (Å²) in [6.07, 6.45) is 6.62. The highest BCUT2D eigenvalue weighted by Crippen LogP contribution is 2.31. The molecule has 1 atom stereocenters. The van der Waals surface area contributed by atoms with E-state index in [9.17, 15) is 8.42 Å². The Balaban J connectivity index is 1.83. The molecule has 1 fully saturated rings. The number of anilines is 1. The number of piperidine rings is 1. The summed E-state index contributed by atoms with van der Waals surface area (Å²) in [6.45, 7) is 1.05. The van der Waals surface area contributed by atoms with Crippen LogP contribution in [-0.4, -0.2) is 49.9 Å². The number of rotatable bonds is 4. The second kappa shape index (κ2) is 6.86. The lowest BCUT2D eigenvalue weighted by molar-refractivity contribution is 0.315. The molecule has 6 nitrogen and oxygen atoms in total. The third-order valence-corrected chi connectivity index (χ3v) is 6.20. The van der Waals surface area contributed by atoms with Crippen molar-refractivity contribution in [3.63, 3.8) is 0 Å². The molecule has 0 aliphatic carbocycles. The Morgan fingerprint density at radius 1 is 1.25 bits per heavy atom. The van der Waals surface area contributed by atoms with E-state index in [0.29, 0.717) is 13.1 Å². The van der Waals surface area contributed by atoms with Gasteiger partial charge in [-0.1, -0.05) is 0 Å². The molecule has 24 heavy (non-hydrogen) atoms. The molecule has 0 aromatic carbocycles. The molecule has 1 saturated heterocycles. The smallest absolute Gasteiger partial charge is 0.244 e. The fraction of sp³-hybridized carbons (Fsp3) is 0.412. The molecule has 0 amide bonds. The SMILES string of the molecule is CN(C)c1cc(C2CCCN(S(=O)(=O)c3cccnc3)C2)ccn1. The molecule has 7 heteroatoms. The molecule has 3 heterocycles. The fourth-order valence-corrected chi connectivity index (χ4v) is 4.50. The second-order valence-electron chi connectivity index (χ2n) is 6.23. The lowest BCUT2D eigenvalue weighted by Crippen LogP contribution is -2.39. The normalized spacial score (nSPS) is 19.2. The summed E-state index contributed by atoms with van der Waals surface area (Å²) in [6, 6.07) is 7.28. The maximum atomic E-state index is 12.8. The van der Waals surface area contributed by atoms with Crippen molar-refractivity contribution in [3.8, 4) is 0 Å².